The Morgan fingerprint density at radius 3 is 2.28 bits per heavy atom. The van der Waals surface area contributed by atoms with Gasteiger partial charge in [-0.2, -0.15) is 0 Å². The molecule has 194 valence electrons. The fraction of sp³-hybridized carbons (Fsp3) is 0.485. The summed E-state index contributed by atoms with van der Waals surface area (Å²) in [7, 11) is 1.86. The summed E-state index contributed by atoms with van der Waals surface area (Å²) < 4.78 is 5.63. The molecule has 0 amide bonds. The molecule has 2 N–H and O–H groups in total. The molecule has 3 heteroatoms. The number of rotatable bonds is 3. The van der Waals surface area contributed by atoms with Crippen molar-refractivity contribution in [3.05, 3.63) is 65.5 Å². The van der Waals surface area contributed by atoms with Crippen LogP contribution >= 0.6 is 0 Å². The summed E-state index contributed by atoms with van der Waals surface area (Å²) in [5, 5.41) is 0. The van der Waals surface area contributed by atoms with Gasteiger partial charge in [-0.25, -0.2) is 0 Å². The van der Waals surface area contributed by atoms with Crippen LogP contribution in [0.1, 0.15) is 83.9 Å². The summed E-state index contributed by atoms with van der Waals surface area (Å²) in [4.78, 5) is 4.39. The topological polar surface area (TPSA) is 48.1 Å². The van der Waals surface area contributed by atoms with Crippen molar-refractivity contribution < 1.29 is 4.74 Å². The predicted molar refractivity (Wildman–Crippen MR) is 156 cm³/mol. The number of pyridine rings is 1. The Hall–Kier alpha value is -2.85. The van der Waals surface area contributed by atoms with E-state index >= 15 is 0 Å². The number of methoxy groups -OCH3 is 1. The molecular formula is C33H46N2O. The van der Waals surface area contributed by atoms with Gasteiger partial charge in [0.2, 0.25) is 0 Å². The molecule has 0 bridgehead atoms. The summed E-state index contributed by atoms with van der Waals surface area (Å²) in [6, 6.07) is 9.16. The van der Waals surface area contributed by atoms with Crippen LogP contribution in [-0.2, 0) is 16.6 Å². The summed E-state index contributed by atoms with van der Waals surface area (Å²) >= 11 is 0. The third-order valence-electron chi connectivity index (χ3n) is 7.55. The van der Waals surface area contributed by atoms with Crippen molar-refractivity contribution in [3.8, 4) is 35.8 Å². The molecule has 2 aliphatic rings. The van der Waals surface area contributed by atoms with Gasteiger partial charge in [-0.15, -0.1) is 18.8 Å². The predicted octanol–water partition coefficient (Wildman–Crippen LogP) is 7.33. The number of ether oxygens (including phenoxy) is 1. The minimum Gasteiger partial charge on any atom is -0.381 e. The van der Waals surface area contributed by atoms with Crippen molar-refractivity contribution in [2.24, 2.45) is 11.1 Å². The van der Waals surface area contributed by atoms with Crippen LogP contribution in [0.3, 0.4) is 0 Å². The zero-order valence-electron chi connectivity index (χ0n) is 23.6. The van der Waals surface area contributed by atoms with Crippen LogP contribution in [-0.4, -0.2) is 24.7 Å². The molecule has 1 heterocycles. The molecule has 0 radical (unpaired) electrons. The van der Waals surface area contributed by atoms with Crippen molar-refractivity contribution >= 4 is 0 Å². The number of hydrogen-bond acceptors (Lipinski definition) is 3. The lowest BCUT2D eigenvalue weighted by Crippen LogP contribution is -2.42. The van der Waals surface area contributed by atoms with Crippen LogP contribution in [0.5, 0.6) is 0 Å². The van der Waals surface area contributed by atoms with Gasteiger partial charge in [0.05, 0.1) is 6.10 Å². The lowest BCUT2D eigenvalue weighted by molar-refractivity contribution is 0.00355. The molecule has 1 spiro atoms. The van der Waals surface area contributed by atoms with Crippen LogP contribution < -0.4 is 5.73 Å². The third kappa shape index (κ3) is 7.10. The van der Waals surface area contributed by atoms with Crippen molar-refractivity contribution in [1.29, 1.82) is 0 Å². The van der Waals surface area contributed by atoms with Crippen molar-refractivity contribution in [2.75, 3.05) is 13.7 Å². The molecule has 3 nitrogen and oxygen atoms in total. The second-order valence-electron chi connectivity index (χ2n) is 9.89. The Kier molecular flexibility index (Phi) is 12.7. The molecule has 4 rings (SSSR count). The van der Waals surface area contributed by atoms with Crippen LogP contribution in [0.15, 0.2) is 48.8 Å². The maximum atomic E-state index is 5.63. The van der Waals surface area contributed by atoms with E-state index < -0.39 is 0 Å². The van der Waals surface area contributed by atoms with E-state index in [1.165, 1.54) is 48.8 Å². The first-order valence-corrected chi connectivity index (χ1v) is 13.0. The Balaban J connectivity index is 0.000000634. The highest BCUT2D eigenvalue weighted by molar-refractivity contribution is 5.67. The Morgan fingerprint density at radius 1 is 1.14 bits per heavy atom. The number of terminal acetylenes is 1. The minimum absolute atomic E-state index is 0.186. The fourth-order valence-corrected chi connectivity index (χ4v) is 5.36. The highest BCUT2D eigenvalue weighted by atomic mass is 16.5. The first kappa shape index (κ1) is 31.2. The van der Waals surface area contributed by atoms with E-state index in [9.17, 15) is 0 Å². The summed E-state index contributed by atoms with van der Waals surface area (Å²) in [5.74, 6) is 6.08. The molecule has 2 aromatic rings. The number of aromatic nitrogens is 1. The lowest BCUT2D eigenvalue weighted by Gasteiger charge is -2.46. The van der Waals surface area contributed by atoms with Gasteiger partial charge in [0.25, 0.3) is 0 Å². The van der Waals surface area contributed by atoms with Crippen LogP contribution in [0.25, 0.3) is 11.1 Å². The van der Waals surface area contributed by atoms with Gasteiger partial charge in [0.1, 0.15) is 0 Å². The molecule has 36 heavy (non-hydrogen) atoms. The van der Waals surface area contributed by atoms with Gasteiger partial charge in [0.15, 0.2) is 0 Å². The van der Waals surface area contributed by atoms with Crippen LogP contribution in [0.2, 0.25) is 0 Å². The van der Waals surface area contributed by atoms with E-state index in [0.717, 1.165) is 16.7 Å². The van der Waals surface area contributed by atoms with Crippen LogP contribution in [0.4, 0.5) is 0 Å². The number of nitrogens with two attached hydrogens (primary N) is 1. The first-order chi connectivity index (χ1) is 17.3. The molecule has 0 aliphatic heterocycles. The standard InChI is InChI=1S/C25H29NO.C4H9N.C2H6.C2H2/c1-5-6-18-13-21(17-26-16-18)19-7-8-20-15-25(24(2,3)23(20)14-19)11-9-22(27-4)10-12-25;1-4(2)3-5;2*1-2/h7-8,13-14,16-17,22H,9-12,15H2,1-4H3;1,3,5H2,2H3;1-2H3;1-2H. The Bertz CT molecular complexity index is 1060. The van der Waals surface area contributed by atoms with E-state index in [2.05, 4.69) is 74.4 Å². The van der Waals surface area contributed by atoms with Crippen molar-refractivity contribution in [3.63, 3.8) is 0 Å². The normalized spacial score (nSPS) is 20.6. The molecule has 2 aliphatic carbocycles. The first-order valence-electron chi connectivity index (χ1n) is 13.0. The minimum atomic E-state index is 0.186. The quantitative estimate of drug-likeness (QED) is 0.365. The average molecular weight is 487 g/mol. The molecular weight excluding hydrogens is 440 g/mol. The highest BCUT2D eigenvalue weighted by Crippen LogP contribution is 2.59. The lowest BCUT2D eigenvalue weighted by atomic mass is 9.59. The zero-order chi connectivity index (χ0) is 27.4. The van der Waals surface area contributed by atoms with E-state index in [1.807, 2.05) is 47.2 Å². The van der Waals surface area contributed by atoms with E-state index in [4.69, 9.17) is 10.5 Å². The van der Waals surface area contributed by atoms with Gasteiger partial charge in [-0.05, 0) is 79.5 Å². The molecule has 0 unspecified atom stereocenters. The van der Waals surface area contributed by atoms with E-state index in [0.29, 0.717) is 18.1 Å². The highest BCUT2D eigenvalue weighted by Gasteiger charge is 2.52. The molecule has 0 saturated heterocycles. The second kappa shape index (κ2) is 14.6. The zero-order valence-corrected chi connectivity index (χ0v) is 23.6. The maximum Gasteiger partial charge on any atom is 0.0571 e. The van der Waals surface area contributed by atoms with Crippen molar-refractivity contribution in [1.82, 2.24) is 4.98 Å². The number of hydrogen-bond donors (Lipinski definition) is 1. The fourth-order valence-electron chi connectivity index (χ4n) is 5.36. The molecule has 1 aromatic heterocycles. The summed E-state index contributed by atoms with van der Waals surface area (Å²) in [6.45, 7) is 16.8. The number of benzene rings is 1. The maximum absolute atomic E-state index is 5.63. The van der Waals surface area contributed by atoms with E-state index in [1.54, 1.807) is 0 Å². The van der Waals surface area contributed by atoms with E-state index in [-0.39, 0.29) is 5.41 Å². The van der Waals surface area contributed by atoms with Gasteiger partial charge in [-0.1, -0.05) is 64.0 Å². The Labute approximate surface area is 221 Å². The average Bonchev–Trinajstić information content (AvgIpc) is 3.13. The third-order valence-corrected chi connectivity index (χ3v) is 7.55. The number of fused-ring (bicyclic) bond motifs is 1. The second-order valence-corrected chi connectivity index (χ2v) is 9.89. The largest absolute Gasteiger partial charge is 0.381 e. The molecule has 0 atom stereocenters. The monoisotopic (exact) mass is 486 g/mol. The smallest absolute Gasteiger partial charge is 0.0571 e. The van der Waals surface area contributed by atoms with Gasteiger partial charge < -0.3 is 10.5 Å². The summed E-state index contributed by atoms with van der Waals surface area (Å²) in [5.41, 5.74) is 13.1. The van der Waals surface area contributed by atoms with Gasteiger partial charge in [0, 0.05) is 37.2 Å². The van der Waals surface area contributed by atoms with Gasteiger partial charge >= 0.3 is 0 Å². The molecule has 1 aromatic carbocycles. The van der Waals surface area contributed by atoms with Crippen molar-refractivity contribution in [2.45, 2.75) is 85.2 Å². The Morgan fingerprint density at radius 2 is 1.75 bits per heavy atom. The van der Waals surface area contributed by atoms with Crippen LogP contribution in [0, 0.1) is 30.1 Å². The molecule has 1 saturated carbocycles. The SMILES string of the molecule is C#C.C=C(C)CN.CC.CC#Cc1cncc(-c2ccc3c(c2)C(C)(C)C2(CCC(OC)CC2)C3)c1. The number of nitrogens with zero attached hydrogens (tertiary/aromatic N) is 1. The molecule has 1 fully saturated rings. The van der Waals surface area contributed by atoms with Gasteiger partial charge in [-0.3, -0.25) is 4.98 Å². The summed E-state index contributed by atoms with van der Waals surface area (Å²) in [6.07, 6.45) is 18.3.